The molecule has 0 radical (unpaired) electrons. The molecule has 0 saturated carbocycles. The summed E-state index contributed by atoms with van der Waals surface area (Å²) < 4.78 is 0. The second kappa shape index (κ2) is 4.01. The molecule has 8 heteroatoms. The molecule has 0 aliphatic carbocycles. The van der Waals surface area contributed by atoms with Crippen molar-refractivity contribution in [1.29, 1.82) is 0 Å². The molecule has 0 N–H and O–H groups in total. The van der Waals surface area contributed by atoms with Crippen molar-refractivity contribution in [3.05, 3.63) is 42.9 Å². The van der Waals surface area contributed by atoms with Crippen molar-refractivity contribution >= 4 is 29.3 Å². The number of carbonyl (C=O) groups is 1. The number of nitro groups is 2. The topological polar surface area (TPSA) is 103 Å². The van der Waals surface area contributed by atoms with E-state index in [-0.39, 0.29) is 11.8 Å². The predicted molar refractivity (Wildman–Crippen MR) is 50.1 cm³/mol. The fraction of sp³-hybridized carbons (Fsp3) is 0. The van der Waals surface area contributed by atoms with E-state index in [1.807, 2.05) is 0 Å². The molecule has 15 heavy (non-hydrogen) atoms. The van der Waals surface area contributed by atoms with Gasteiger partial charge in [0.05, 0.1) is 15.9 Å². The van der Waals surface area contributed by atoms with E-state index in [2.05, 4.69) is 0 Å². The van der Waals surface area contributed by atoms with Crippen LogP contribution in [0.15, 0.2) is 12.1 Å². The fourth-order valence-electron chi connectivity index (χ4n) is 0.940. The molecule has 1 aromatic rings. The Labute approximate surface area is 87.6 Å². The summed E-state index contributed by atoms with van der Waals surface area (Å²) in [6, 6.07) is 1.58. The summed E-state index contributed by atoms with van der Waals surface area (Å²) in [5.41, 5.74) is -1.49. The van der Waals surface area contributed by atoms with E-state index < -0.39 is 26.2 Å². The van der Waals surface area contributed by atoms with Crippen LogP contribution >= 0.6 is 11.6 Å². The zero-order valence-corrected chi connectivity index (χ0v) is 7.80. The maximum atomic E-state index is 10.4. The summed E-state index contributed by atoms with van der Waals surface area (Å²) >= 11 is 5.49. The van der Waals surface area contributed by atoms with Gasteiger partial charge in [0.1, 0.15) is 5.02 Å². The largest absolute Gasteiger partial charge is 0.298 e. The molecular weight excluding hydrogens is 228 g/mol. The average Bonchev–Trinajstić information content (AvgIpc) is 2.17. The van der Waals surface area contributed by atoms with Crippen LogP contribution in [0.25, 0.3) is 0 Å². The van der Waals surface area contributed by atoms with E-state index in [9.17, 15) is 25.0 Å². The average molecular weight is 231 g/mol. The molecule has 0 fully saturated rings. The summed E-state index contributed by atoms with van der Waals surface area (Å²) in [5.74, 6) is 0. The minimum Gasteiger partial charge on any atom is -0.298 e. The third-order valence-electron chi connectivity index (χ3n) is 1.60. The van der Waals surface area contributed by atoms with Gasteiger partial charge >= 0.3 is 0 Å². The Morgan fingerprint density at radius 1 is 1.20 bits per heavy atom. The molecule has 0 unspecified atom stereocenters. The van der Waals surface area contributed by atoms with E-state index in [1.54, 1.807) is 0 Å². The second-order valence-electron chi connectivity index (χ2n) is 2.50. The lowest BCUT2D eigenvalue weighted by Gasteiger charge is -1.98. The number of nitro benzene ring substituents is 2. The third kappa shape index (κ3) is 2.08. The molecule has 7 nitrogen and oxygen atoms in total. The number of hydrogen-bond acceptors (Lipinski definition) is 5. The first-order chi connectivity index (χ1) is 6.97. The maximum absolute atomic E-state index is 10.4. The zero-order chi connectivity index (χ0) is 11.6. The maximum Gasteiger partial charge on any atom is 0.295 e. The van der Waals surface area contributed by atoms with E-state index in [0.29, 0.717) is 6.07 Å². The molecule has 0 aromatic heterocycles. The van der Waals surface area contributed by atoms with Gasteiger partial charge in [0.15, 0.2) is 6.29 Å². The van der Waals surface area contributed by atoms with Crippen molar-refractivity contribution in [3.63, 3.8) is 0 Å². The molecule has 1 aromatic carbocycles. The third-order valence-corrected chi connectivity index (χ3v) is 2.01. The van der Waals surface area contributed by atoms with Crippen LogP contribution in [-0.4, -0.2) is 16.1 Å². The minimum atomic E-state index is -0.887. The number of carbonyl (C=O) groups excluding carboxylic acids is 1. The number of halogens is 1. The molecule has 0 spiro atoms. The van der Waals surface area contributed by atoms with Crippen LogP contribution in [0.4, 0.5) is 11.4 Å². The van der Waals surface area contributed by atoms with Crippen LogP contribution in [0.5, 0.6) is 0 Å². The molecule has 0 bridgehead atoms. The molecule has 0 heterocycles. The molecule has 0 amide bonds. The lowest BCUT2D eigenvalue weighted by molar-refractivity contribution is -0.394. The zero-order valence-electron chi connectivity index (χ0n) is 7.05. The highest BCUT2D eigenvalue weighted by Crippen LogP contribution is 2.31. The van der Waals surface area contributed by atoms with Gasteiger partial charge in [-0.15, -0.1) is 0 Å². The monoisotopic (exact) mass is 230 g/mol. The molecule has 0 aliphatic heterocycles. The van der Waals surface area contributed by atoms with Crippen LogP contribution in [0, 0.1) is 20.2 Å². The lowest BCUT2D eigenvalue weighted by Crippen LogP contribution is -1.96. The Balaban J connectivity index is 3.51. The van der Waals surface area contributed by atoms with Gasteiger partial charge in [-0.05, 0) is 0 Å². The normalized spacial score (nSPS) is 9.67. The number of rotatable bonds is 3. The van der Waals surface area contributed by atoms with Crippen LogP contribution in [0.2, 0.25) is 5.02 Å². The van der Waals surface area contributed by atoms with Crippen molar-refractivity contribution in [3.8, 4) is 0 Å². The summed E-state index contributed by atoms with van der Waals surface area (Å²) in [4.78, 5) is 29.6. The first kappa shape index (κ1) is 11.1. The highest BCUT2D eigenvalue weighted by Gasteiger charge is 2.22. The molecule has 0 aliphatic rings. The van der Waals surface area contributed by atoms with Gasteiger partial charge in [-0.2, -0.15) is 0 Å². The van der Waals surface area contributed by atoms with Crippen molar-refractivity contribution in [1.82, 2.24) is 0 Å². The minimum absolute atomic E-state index is 0.225. The van der Waals surface area contributed by atoms with E-state index in [4.69, 9.17) is 11.6 Å². The summed E-state index contributed by atoms with van der Waals surface area (Å²) in [5, 5.41) is 20.4. The Hall–Kier alpha value is -2.02. The first-order valence-electron chi connectivity index (χ1n) is 3.55. The van der Waals surface area contributed by atoms with Gasteiger partial charge in [0, 0.05) is 11.6 Å². The van der Waals surface area contributed by atoms with Crippen LogP contribution in [-0.2, 0) is 0 Å². The smallest absolute Gasteiger partial charge is 0.295 e. The van der Waals surface area contributed by atoms with Crippen LogP contribution < -0.4 is 0 Å². The van der Waals surface area contributed by atoms with Gasteiger partial charge < -0.3 is 0 Å². The molecule has 0 atom stereocenters. The van der Waals surface area contributed by atoms with Crippen LogP contribution in [0.1, 0.15) is 10.4 Å². The van der Waals surface area contributed by atoms with Crippen molar-refractivity contribution in [2.45, 2.75) is 0 Å². The summed E-state index contributed by atoms with van der Waals surface area (Å²) in [6.07, 6.45) is 0.225. The number of hydrogen-bond donors (Lipinski definition) is 0. The summed E-state index contributed by atoms with van der Waals surface area (Å²) in [6.45, 7) is 0. The number of non-ortho nitro benzene ring substituents is 1. The van der Waals surface area contributed by atoms with Crippen molar-refractivity contribution < 1.29 is 14.6 Å². The van der Waals surface area contributed by atoms with E-state index in [1.165, 1.54) is 0 Å². The highest BCUT2D eigenvalue weighted by atomic mass is 35.5. The number of nitrogens with zero attached hydrogens (tertiary/aromatic N) is 2. The fourth-order valence-corrected chi connectivity index (χ4v) is 1.16. The first-order valence-corrected chi connectivity index (χ1v) is 3.92. The van der Waals surface area contributed by atoms with Crippen LogP contribution in [0.3, 0.4) is 0 Å². The predicted octanol–water partition coefficient (Wildman–Crippen LogP) is 1.97. The highest BCUT2D eigenvalue weighted by molar-refractivity contribution is 6.35. The molecule has 0 saturated heterocycles. The van der Waals surface area contributed by atoms with Gasteiger partial charge in [-0.1, -0.05) is 11.6 Å². The Bertz CT molecular complexity index is 459. The lowest BCUT2D eigenvalue weighted by atomic mass is 10.2. The quantitative estimate of drug-likeness (QED) is 0.448. The van der Waals surface area contributed by atoms with Gasteiger partial charge in [-0.3, -0.25) is 25.0 Å². The number of aldehydes is 1. The molecule has 78 valence electrons. The molecule has 1 rings (SSSR count). The van der Waals surface area contributed by atoms with E-state index in [0.717, 1.165) is 6.07 Å². The van der Waals surface area contributed by atoms with E-state index >= 15 is 0 Å². The van der Waals surface area contributed by atoms with Gasteiger partial charge in [0.25, 0.3) is 11.4 Å². The Morgan fingerprint density at radius 3 is 2.20 bits per heavy atom. The second-order valence-corrected chi connectivity index (χ2v) is 2.88. The van der Waals surface area contributed by atoms with Gasteiger partial charge in [0.2, 0.25) is 0 Å². The Morgan fingerprint density at radius 2 is 1.80 bits per heavy atom. The standard InChI is InChI=1S/C7H3ClN2O5/c8-7-4(3-11)1-5(9(12)13)2-6(7)10(14)15/h1-3H. The number of benzene rings is 1. The van der Waals surface area contributed by atoms with Crippen molar-refractivity contribution in [2.24, 2.45) is 0 Å². The Kier molecular flexibility index (Phi) is 2.96. The molecular formula is C7H3ClN2O5. The van der Waals surface area contributed by atoms with Gasteiger partial charge in [-0.25, -0.2) is 0 Å². The summed E-state index contributed by atoms with van der Waals surface area (Å²) in [7, 11) is 0. The van der Waals surface area contributed by atoms with Crippen molar-refractivity contribution in [2.75, 3.05) is 0 Å². The SMILES string of the molecule is O=Cc1cc([N+](=O)[O-])cc([N+](=O)[O-])c1Cl.